The standard InChI is InChI=1S/C15H27N3/c1-12(15-11-17-18(3)13(15)2)16-10-9-14-7-5-4-6-8-14/h11-12,14,16H,4-10H2,1-3H3. The molecule has 1 atom stereocenters. The molecule has 1 fully saturated rings. The van der Waals surface area contributed by atoms with Gasteiger partial charge in [0.25, 0.3) is 0 Å². The van der Waals surface area contributed by atoms with Crippen LogP contribution in [0.3, 0.4) is 0 Å². The lowest BCUT2D eigenvalue weighted by molar-refractivity contribution is 0.329. The zero-order chi connectivity index (χ0) is 13.0. The minimum absolute atomic E-state index is 0.419. The van der Waals surface area contributed by atoms with E-state index < -0.39 is 0 Å². The summed E-state index contributed by atoms with van der Waals surface area (Å²) in [6.45, 7) is 5.52. The van der Waals surface area contributed by atoms with Gasteiger partial charge in [-0.2, -0.15) is 5.10 Å². The predicted molar refractivity (Wildman–Crippen MR) is 75.6 cm³/mol. The van der Waals surface area contributed by atoms with Crippen molar-refractivity contribution >= 4 is 0 Å². The highest BCUT2D eigenvalue weighted by molar-refractivity contribution is 5.19. The Kier molecular flexibility index (Phi) is 4.81. The molecule has 0 radical (unpaired) electrons. The Morgan fingerprint density at radius 3 is 2.72 bits per heavy atom. The van der Waals surface area contributed by atoms with Crippen LogP contribution >= 0.6 is 0 Å². The summed E-state index contributed by atoms with van der Waals surface area (Å²) in [6.07, 6.45) is 10.6. The maximum atomic E-state index is 4.31. The fourth-order valence-electron chi connectivity index (χ4n) is 3.03. The van der Waals surface area contributed by atoms with E-state index in [1.807, 2.05) is 17.9 Å². The Morgan fingerprint density at radius 2 is 2.11 bits per heavy atom. The normalized spacial score (nSPS) is 19.1. The van der Waals surface area contributed by atoms with Crippen molar-refractivity contribution in [2.45, 2.75) is 58.4 Å². The summed E-state index contributed by atoms with van der Waals surface area (Å²) in [4.78, 5) is 0. The topological polar surface area (TPSA) is 29.9 Å². The molecule has 0 bridgehead atoms. The molecule has 1 aliphatic carbocycles. The van der Waals surface area contributed by atoms with E-state index in [2.05, 4.69) is 24.3 Å². The van der Waals surface area contributed by atoms with Crippen molar-refractivity contribution in [3.8, 4) is 0 Å². The average molecular weight is 249 g/mol. The smallest absolute Gasteiger partial charge is 0.0540 e. The van der Waals surface area contributed by atoms with Crippen LogP contribution in [-0.2, 0) is 7.05 Å². The van der Waals surface area contributed by atoms with E-state index in [9.17, 15) is 0 Å². The lowest BCUT2D eigenvalue weighted by Gasteiger charge is -2.22. The van der Waals surface area contributed by atoms with E-state index in [1.165, 1.54) is 49.8 Å². The summed E-state index contributed by atoms with van der Waals surface area (Å²) < 4.78 is 1.95. The van der Waals surface area contributed by atoms with Crippen LogP contribution in [0.1, 0.15) is 62.7 Å². The second-order valence-corrected chi connectivity index (χ2v) is 5.78. The van der Waals surface area contributed by atoms with E-state index in [-0.39, 0.29) is 0 Å². The predicted octanol–water partition coefficient (Wildman–Crippen LogP) is 3.35. The van der Waals surface area contributed by atoms with Gasteiger partial charge in [0.2, 0.25) is 0 Å². The van der Waals surface area contributed by atoms with Crippen LogP contribution in [0.4, 0.5) is 0 Å². The van der Waals surface area contributed by atoms with Crippen molar-refractivity contribution in [2.75, 3.05) is 6.54 Å². The van der Waals surface area contributed by atoms with Gasteiger partial charge in [-0.1, -0.05) is 32.1 Å². The van der Waals surface area contributed by atoms with E-state index >= 15 is 0 Å². The third kappa shape index (κ3) is 3.35. The Labute approximate surface area is 111 Å². The van der Waals surface area contributed by atoms with Crippen LogP contribution < -0.4 is 5.32 Å². The van der Waals surface area contributed by atoms with Gasteiger partial charge >= 0.3 is 0 Å². The van der Waals surface area contributed by atoms with E-state index in [0.717, 1.165) is 12.5 Å². The number of hydrogen-bond donors (Lipinski definition) is 1. The van der Waals surface area contributed by atoms with Gasteiger partial charge in [0.15, 0.2) is 0 Å². The van der Waals surface area contributed by atoms with Gasteiger partial charge in [0, 0.05) is 24.3 Å². The summed E-state index contributed by atoms with van der Waals surface area (Å²) in [5.74, 6) is 0.966. The quantitative estimate of drug-likeness (QED) is 0.867. The number of nitrogens with one attached hydrogen (secondary N) is 1. The summed E-state index contributed by atoms with van der Waals surface area (Å²) in [5, 5.41) is 7.96. The molecular weight excluding hydrogens is 222 g/mol. The monoisotopic (exact) mass is 249 g/mol. The number of nitrogens with zero attached hydrogens (tertiary/aromatic N) is 2. The highest BCUT2D eigenvalue weighted by atomic mass is 15.3. The van der Waals surface area contributed by atoms with Crippen LogP contribution in [0, 0.1) is 12.8 Å². The minimum Gasteiger partial charge on any atom is -0.310 e. The Balaban J connectivity index is 1.74. The number of aryl methyl sites for hydroxylation is 1. The van der Waals surface area contributed by atoms with Crippen LogP contribution in [0.5, 0.6) is 0 Å². The molecule has 3 heteroatoms. The van der Waals surface area contributed by atoms with Gasteiger partial charge in [-0.05, 0) is 32.7 Å². The van der Waals surface area contributed by atoms with E-state index in [4.69, 9.17) is 0 Å². The highest BCUT2D eigenvalue weighted by Gasteiger charge is 2.15. The summed E-state index contributed by atoms with van der Waals surface area (Å²) >= 11 is 0. The molecule has 18 heavy (non-hydrogen) atoms. The van der Waals surface area contributed by atoms with Crippen molar-refractivity contribution in [1.29, 1.82) is 0 Å². The zero-order valence-corrected chi connectivity index (χ0v) is 12.1. The number of aromatic nitrogens is 2. The lowest BCUT2D eigenvalue weighted by Crippen LogP contribution is -2.23. The van der Waals surface area contributed by atoms with Crippen molar-refractivity contribution in [2.24, 2.45) is 13.0 Å². The number of rotatable bonds is 5. The van der Waals surface area contributed by atoms with Gasteiger partial charge in [-0.3, -0.25) is 4.68 Å². The van der Waals surface area contributed by atoms with Crippen molar-refractivity contribution in [1.82, 2.24) is 15.1 Å². The molecule has 0 saturated heterocycles. The largest absolute Gasteiger partial charge is 0.310 e. The third-order valence-corrected chi connectivity index (χ3v) is 4.47. The molecule has 1 unspecified atom stereocenters. The lowest BCUT2D eigenvalue weighted by atomic mass is 9.87. The molecule has 102 valence electrons. The van der Waals surface area contributed by atoms with E-state index in [1.54, 1.807) is 0 Å². The van der Waals surface area contributed by atoms with Gasteiger partial charge in [-0.15, -0.1) is 0 Å². The second kappa shape index (κ2) is 6.37. The first-order valence-corrected chi connectivity index (χ1v) is 7.40. The summed E-state index contributed by atoms with van der Waals surface area (Å²) in [5.41, 5.74) is 2.61. The molecule has 1 N–H and O–H groups in total. The fraction of sp³-hybridized carbons (Fsp3) is 0.800. The molecule has 3 nitrogen and oxygen atoms in total. The van der Waals surface area contributed by atoms with Crippen molar-refractivity contribution in [3.05, 3.63) is 17.5 Å². The first-order valence-electron chi connectivity index (χ1n) is 7.40. The maximum Gasteiger partial charge on any atom is 0.0540 e. The average Bonchev–Trinajstić information content (AvgIpc) is 2.71. The second-order valence-electron chi connectivity index (χ2n) is 5.78. The fourth-order valence-corrected chi connectivity index (χ4v) is 3.03. The third-order valence-electron chi connectivity index (χ3n) is 4.47. The van der Waals surface area contributed by atoms with Gasteiger partial charge in [0.05, 0.1) is 6.20 Å². The van der Waals surface area contributed by atoms with E-state index in [0.29, 0.717) is 6.04 Å². The molecular formula is C15H27N3. The molecule has 2 rings (SSSR count). The van der Waals surface area contributed by atoms with Crippen LogP contribution in [-0.4, -0.2) is 16.3 Å². The van der Waals surface area contributed by atoms with Crippen molar-refractivity contribution < 1.29 is 0 Å². The molecule has 1 heterocycles. The molecule has 0 aromatic carbocycles. The maximum absolute atomic E-state index is 4.31. The highest BCUT2D eigenvalue weighted by Crippen LogP contribution is 2.26. The molecule has 0 amide bonds. The van der Waals surface area contributed by atoms with Crippen molar-refractivity contribution in [3.63, 3.8) is 0 Å². The molecule has 1 aromatic heterocycles. The summed E-state index contributed by atoms with van der Waals surface area (Å²) in [6, 6.07) is 0.419. The first kappa shape index (κ1) is 13.6. The minimum atomic E-state index is 0.419. The van der Waals surface area contributed by atoms with Crippen LogP contribution in [0.25, 0.3) is 0 Å². The summed E-state index contributed by atoms with van der Waals surface area (Å²) in [7, 11) is 2.01. The van der Waals surface area contributed by atoms with Crippen LogP contribution in [0.2, 0.25) is 0 Å². The zero-order valence-electron chi connectivity index (χ0n) is 12.1. The molecule has 1 aromatic rings. The van der Waals surface area contributed by atoms with Crippen LogP contribution in [0.15, 0.2) is 6.20 Å². The van der Waals surface area contributed by atoms with Gasteiger partial charge < -0.3 is 5.32 Å². The molecule has 1 saturated carbocycles. The Hall–Kier alpha value is -0.830. The van der Waals surface area contributed by atoms with Gasteiger partial charge in [0.1, 0.15) is 0 Å². The Bertz CT molecular complexity index is 364. The molecule has 0 spiro atoms. The number of hydrogen-bond acceptors (Lipinski definition) is 2. The Morgan fingerprint density at radius 1 is 1.39 bits per heavy atom. The SMILES string of the molecule is Cc1c(C(C)NCCC2CCCCC2)cnn1C. The van der Waals surface area contributed by atoms with Gasteiger partial charge in [-0.25, -0.2) is 0 Å². The molecule has 1 aliphatic rings. The first-order chi connectivity index (χ1) is 8.68. The molecule has 0 aliphatic heterocycles.